The highest BCUT2D eigenvalue weighted by molar-refractivity contribution is 6.01. The number of amidine groups is 1. The van der Waals surface area contributed by atoms with Gasteiger partial charge in [0.25, 0.3) is 0 Å². The summed E-state index contributed by atoms with van der Waals surface area (Å²) >= 11 is 0. The van der Waals surface area contributed by atoms with Crippen LogP contribution in [0.25, 0.3) is 0 Å². The summed E-state index contributed by atoms with van der Waals surface area (Å²) in [6.07, 6.45) is 0.634. The highest BCUT2D eigenvalue weighted by atomic mass is 16.5. The van der Waals surface area contributed by atoms with Crippen molar-refractivity contribution in [3.63, 3.8) is 0 Å². The molecule has 0 aromatic heterocycles. The quantitative estimate of drug-likeness (QED) is 0.193. The second kappa shape index (κ2) is 7.92. The third-order valence-corrected chi connectivity index (χ3v) is 2.05. The van der Waals surface area contributed by atoms with Gasteiger partial charge in [0.05, 0.1) is 18.6 Å². The second-order valence-corrected chi connectivity index (χ2v) is 3.70. The lowest BCUT2D eigenvalue weighted by molar-refractivity contribution is -0.123. The highest BCUT2D eigenvalue weighted by Crippen LogP contribution is 2.02. The number of ether oxygens (including phenoxy) is 1. The molecule has 0 radical (unpaired) electrons. The van der Waals surface area contributed by atoms with Gasteiger partial charge < -0.3 is 21.0 Å². The molecule has 6 heteroatoms. The second-order valence-electron chi connectivity index (χ2n) is 3.70. The number of nitrogens with zero attached hydrogens (tertiary/aromatic N) is 1. The maximum Gasteiger partial charge on any atom is 0.230 e. The van der Waals surface area contributed by atoms with Crippen molar-refractivity contribution < 1.29 is 14.7 Å². The summed E-state index contributed by atoms with van der Waals surface area (Å²) in [5, 5.41) is 14.0. The minimum absolute atomic E-state index is 0.0650. The predicted molar refractivity (Wildman–Crippen MR) is 61.3 cm³/mol. The molecule has 0 aromatic carbocycles. The van der Waals surface area contributed by atoms with Gasteiger partial charge >= 0.3 is 0 Å². The van der Waals surface area contributed by atoms with Gasteiger partial charge in [-0.3, -0.25) is 4.79 Å². The summed E-state index contributed by atoms with van der Waals surface area (Å²) < 4.78 is 5.27. The number of hydrogen-bond donors (Lipinski definition) is 3. The molecule has 0 aliphatic rings. The van der Waals surface area contributed by atoms with E-state index in [-0.39, 0.29) is 17.8 Å². The average Bonchev–Trinajstić information content (AvgIpc) is 2.24. The maximum atomic E-state index is 11.6. The van der Waals surface area contributed by atoms with Gasteiger partial charge in [-0.25, -0.2) is 0 Å². The number of nitrogens with one attached hydrogen (secondary N) is 1. The first kappa shape index (κ1) is 14.7. The third kappa shape index (κ3) is 5.55. The zero-order chi connectivity index (χ0) is 12.6. The van der Waals surface area contributed by atoms with Gasteiger partial charge in [0.2, 0.25) is 5.91 Å². The van der Waals surface area contributed by atoms with Gasteiger partial charge in [-0.2, -0.15) is 0 Å². The van der Waals surface area contributed by atoms with Crippen LogP contribution >= 0.6 is 0 Å². The predicted octanol–water partition coefficient (Wildman–Crippen LogP) is 0.300. The number of hydrogen-bond acceptors (Lipinski definition) is 4. The third-order valence-electron chi connectivity index (χ3n) is 2.05. The van der Waals surface area contributed by atoms with Crippen molar-refractivity contribution >= 4 is 11.7 Å². The molecule has 1 amide bonds. The van der Waals surface area contributed by atoms with E-state index in [1.54, 1.807) is 6.92 Å². The molecule has 0 fully saturated rings. The first-order chi connectivity index (χ1) is 7.52. The Hall–Kier alpha value is -1.30. The first-order valence-electron chi connectivity index (χ1n) is 5.39. The summed E-state index contributed by atoms with van der Waals surface area (Å²) in [7, 11) is 0. The Balaban J connectivity index is 3.94. The molecule has 1 atom stereocenters. The van der Waals surface area contributed by atoms with E-state index in [0.29, 0.717) is 19.6 Å². The summed E-state index contributed by atoms with van der Waals surface area (Å²) in [6, 6.07) is 0. The first-order valence-corrected chi connectivity index (χ1v) is 5.39. The van der Waals surface area contributed by atoms with Gasteiger partial charge in [0.1, 0.15) is 0 Å². The number of amides is 1. The van der Waals surface area contributed by atoms with Gasteiger partial charge in [0, 0.05) is 6.54 Å². The zero-order valence-electron chi connectivity index (χ0n) is 10.1. The molecule has 1 unspecified atom stereocenters. The van der Waals surface area contributed by atoms with E-state index in [1.165, 1.54) is 0 Å². The SMILES string of the molecule is CCC(C(=O)NCCOC(C)C)C(N)=NO. The molecule has 0 aliphatic carbocycles. The van der Waals surface area contributed by atoms with Crippen LogP contribution in [0.15, 0.2) is 5.16 Å². The van der Waals surface area contributed by atoms with Crippen molar-refractivity contribution in [3.8, 4) is 0 Å². The van der Waals surface area contributed by atoms with Gasteiger partial charge in [-0.1, -0.05) is 12.1 Å². The van der Waals surface area contributed by atoms with Crippen molar-refractivity contribution in [2.45, 2.75) is 33.3 Å². The van der Waals surface area contributed by atoms with Crippen LogP contribution in [-0.4, -0.2) is 36.2 Å². The fourth-order valence-corrected chi connectivity index (χ4v) is 1.19. The minimum Gasteiger partial charge on any atom is -0.409 e. The van der Waals surface area contributed by atoms with Crippen molar-refractivity contribution in [3.05, 3.63) is 0 Å². The molecule has 0 bridgehead atoms. The van der Waals surface area contributed by atoms with E-state index < -0.39 is 5.92 Å². The van der Waals surface area contributed by atoms with Crippen LogP contribution in [0, 0.1) is 5.92 Å². The summed E-state index contributed by atoms with van der Waals surface area (Å²) in [6.45, 7) is 6.52. The summed E-state index contributed by atoms with van der Waals surface area (Å²) in [5.41, 5.74) is 5.39. The lowest BCUT2D eigenvalue weighted by Crippen LogP contribution is -2.40. The number of rotatable bonds is 7. The molecule has 0 spiro atoms. The molecule has 0 aromatic rings. The Kier molecular flexibility index (Phi) is 7.28. The van der Waals surface area contributed by atoms with Crippen LogP contribution in [0.5, 0.6) is 0 Å². The molecule has 6 nitrogen and oxygen atoms in total. The van der Waals surface area contributed by atoms with Crippen molar-refractivity contribution in [1.82, 2.24) is 5.32 Å². The highest BCUT2D eigenvalue weighted by Gasteiger charge is 2.20. The van der Waals surface area contributed by atoms with Crippen molar-refractivity contribution in [1.29, 1.82) is 0 Å². The van der Waals surface area contributed by atoms with Crippen LogP contribution in [-0.2, 0) is 9.53 Å². The monoisotopic (exact) mass is 231 g/mol. The van der Waals surface area contributed by atoms with E-state index >= 15 is 0 Å². The van der Waals surface area contributed by atoms with E-state index in [1.807, 2.05) is 13.8 Å². The molecule has 0 aliphatic heterocycles. The molecule has 16 heavy (non-hydrogen) atoms. The molecular weight excluding hydrogens is 210 g/mol. The normalized spacial score (nSPS) is 13.9. The molecule has 0 saturated carbocycles. The number of nitrogens with two attached hydrogens (primary N) is 1. The minimum atomic E-state index is -0.580. The van der Waals surface area contributed by atoms with Crippen LogP contribution in [0.3, 0.4) is 0 Å². The van der Waals surface area contributed by atoms with Gasteiger partial charge in [-0.05, 0) is 20.3 Å². The Morgan fingerprint density at radius 2 is 2.19 bits per heavy atom. The Morgan fingerprint density at radius 3 is 2.62 bits per heavy atom. The average molecular weight is 231 g/mol. The van der Waals surface area contributed by atoms with Crippen LogP contribution in [0.1, 0.15) is 27.2 Å². The molecule has 94 valence electrons. The summed E-state index contributed by atoms with van der Waals surface area (Å²) in [4.78, 5) is 11.6. The fraction of sp³-hybridized carbons (Fsp3) is 0.800. The van der Waals surface area contributed by atoms with Crippen LogP contribution in [0.2, 0.25) is 0 Å². The summed E-state index contributed by atoms with van der Waals surface area (Å²) in [5.74, 6) is -0.890. The Morgan fingerprint density at radius 1 is 1.56 bits per heavy atom. The van der Waals surface area contributed by atoms with Gasteiger partial charge in [-0.15, -0.1) is 0 Å². The van der Waals surface area contributed by atoms with E-state index in [2.05, 4.69) is 10.5 Å². The van der Waals surface area contributed by atoms with Crippen LogP contribution in [0.4, 0.5) is 0 Å². The fourth-order valence-electron chi connectivity index (χ4n) is 1.19. The van der Waals surface area contributed by atoms with E-state index in [4.69, 9.17) is 15.7 Å². The van der Waals surface area contributed by atoms with E-state index in [0.717, 1.165) is 0 Å². The van der Waals surface area contributed by atoms with Crippen molar-refractivity contribution in [2.24, 2.45) is 16.8 Å². The van der Waals surface area contributed by atoms with Gasteiger partial charge in [0.15, 0.2) is 5.84 Å². The van der Waals surface area contributed by atoms with E-state index in [9.17, 15) is 4.79 Å². The number of carbonyl (C=O) groups excluding carboxylic acids is 1. The molecule has 0 heterocycles. The largest absolute Gasteiger partial charge is 0.409 e. The molecule has 0 saturated heterocycles. The maximum absolute atomic E-state index is 11.6. The Bertz CT molecular complexity index is 241. The topological polar surface area (TPSA) is 96.9 Å². The smallest absolute Gasteiger partial charge is 0.230 e. The van der Waals surface area contributed by atoms with Crippen molar-refractivity contribution in [2.75, 3.05) is 13.2 Å². The lowest BCUT2D eigenvalue weighted by Gasteiger charge is -2.14. The Labute approximate surface area is 95.8 Å². The number of carbonyl (C=O) groups is 1. The van der Waals surface area contributed by atoms with Crippen LogP contribution < -0.4 is 11.1 Å². The zero-order valence-corrected chi connectivity index (χ0v) is 10.1. The molecular formula is C10H21N3O3. The lowest BCUT2D eigenvalue weighted by atomic mass is 10.1. The molecule has 4 N–H and O–H groups in total. The standard InChI is InChI=1S/C10H21N3O3/c1-4-8(9(11)13-15)10(14)12-5-6-16-7(2)3/h7-8,15H,4-6H2,1-3H3,(H2,11,13)(H,12,14). The number of oxime groups is 1. The molecule has 0 rings (SSSR count).